The van der Waals surface area contributed by atoms with Crippen molar-refractivity contribution in [3.63, 3.8) is 0 Å². The molecule has 0 aliphatic rings. The van der Waals surface area contributed by atoms with Crippen molar-refractivity contribution in [1.29, 1.82) is 0 Å². The number of hydrogen-bond donors (Lipinski definition) is 1. The van der Waals surface area contributed by atoms with Gasteiger partial charge in [0.1, 0.15) is 0 Å². The number of pyridine rings is 1. The molecular weight excluding hydrogens is 340 g/mol. The summed E-state index contributed by atoms with van der Waals surface area (Å²) in [5.74, 6) is 1.05. The Bertz CT molecular complexity index is 841. The molecule has 3 aromatic heterocycles. The van der Waals surface area contributed by atoms with E-state index in [0.717, 1.165) is 4.88 Å². The van der Waals surface area contributed by atoms with Crippen LogP contribution in [0.2, 0.25) is 0 Å². The zero-order valence-corrected chi connectivity index (χ0v) is 14.3. The highest BCUT2D eigenvalue weighted by Crippen LogP contribution is 2.17. The predicted octanol–water partition coefficient (Wildman–Crippen LogP) is 2.92. The minimum atomic E-state index is -0.226. The highest BCUT2D eigenvalue weighted by molar-refractivity contribution is 7.10. The van der Waals surface area contributed by atoms with Gasteiger partial charge in [0.25, 0.3) is 0 Å². The van der Waals surface area contributed by atoms with Gasteiger partial charge in [0.2, 0.25) is 23.5 Å². The van der Waals surface area contributed by atoms with Crippen molar-refractivity contribution in [3.05, 3.63) is 52.7 Å². The van der Waals surface area contributed by atoms with Gasteiger partial charge in [0.15, 0.2) is 0 Å². The van der Waals surface area contributed by atoms with Crippen LogP contribution in [0, 0.1) is 0 Å². The molecule has 1 amide bonds. The largest absolute Gasteiger partial charge is 0.478 e. The topological polar surface area (TPSA) is 90.1 Å². The van der Waals surface area contributed by atoms with Crippen LogP contribution in [0.3, 0.4) is 0 Å². The van der Waals surface area contributed by atoms with Crippen LogP contribution in [0.5, 0.6) is 5.88 Å². The molecule has 0 aliphatic carbocycles. The van der Waals surface area contributed by atoms with Gasteiger partial charge in [-0.3, -0.25) is 4.79 Å². The number of aromatic nitrogens is 3. The van der Waals surface area contributed by atoms with E-state index in [1.165, 1.54) is 6.08 Å². The summed E-state index contributed by atoms with van der Waals surface area (Å²) >= 11 is 1.56. The lowest BCUT2D eigenvalue weighted by molar-refractivity contribution is -0.116. The number of nitrogens with zero attached hydrogens (tertiary/aromatic N) is 3. The molecule has 0 spiro atoms. The van der Waals surface area contributed by atoms with E-state index in [1.807, 2.05) is 24.4 Å². The van der Waals surface area contributed by atoms with E-state index < -0.39 is 0 Å². The minimum absolute atomic E-state index is 0.158. The summed E-state index contributed by atoms with van der Waals surface area (Å²) < 4.78 is 10.4. The number of carbonyl (C=O) groups excluding carboxylic acids is 1. The summed E-state index contributed by atoms with van der Waals surface area (Å²) in [7, 11) is 0. The molecule has 7 nitrogen and oxygen atoms in total. The third-order valence-corrected chi connectivity index (χ3v) is 3.95. The van der Waals surface area contributed by atoms with Crippen molar-refractivity contribution in [2.45, 2.75) is 13.5 Å². The molecule has 3 heterocycles. The number of amides is 1. The second-order valence-corrected chi connectivity index (χ2v) is 5.88. The molecule has 0 fully saturated rings. The van der Waals surface area contributed by atoms with Gasteiger partial charge in [0.05, 0.1) is 13.2 Å². The maximum Gasteiger partial charge on any atom is 0.246 e. The molecular formula is C17H16N4O3S. The molecule has 0 saturated heterocycles. The van der Waals surface area contributed by atoms with Gasteiger partial charge in [0, 0.05) is 28.8 Å². The van der Waals surface area contributed by atoms with Crippen LogP contribution < -0.4 is 10.1 Å². The molecule has 0 unspecified atom stereocenters. The van der Waals surface area contributed by atoms with Crippen LogP contribution in [0.4, 0.5) is 0 Å². The maximum atomic E-state index is 11.8. The first-order chi connectivity index (χ1) is 12.2. The molecule has 8 heteroatoms. The van der Waals surface area contributed by atoms with Gasteiger partial charge >= 0.3 is 0 Å². The van der Waals surface area contributed by atoms with Crippen LogP contribution in [0.25, 0.3) is 17.5 Å². The number of nitrogens with one attached hydrogen (secondary N) is 1. The van der Waals surface area contributed by atoms with Crippen LogP contribution >= 0.6 is 11.3 Å². The highest BCUT2D eigenvalue weighted by Gasteiger charge is 2.10. The molecule has 0 bridgehead atoms. The van der Waals surface area contributed by atoms with Crippen LogP contribution in [0.15, 0.2) is 46.4 Å². The summed E-state index contributed by atoms with van der Waals surface area (Å²) in [5, 5.41) is 8.54. The smallest absolute Gasteiger partial charge is 0.246 e. The van der Waals surface area contributed by atoms with Crippen molar-refractivity contribution in [2.24, 2.45) is 0 Å². The Morgan fingerprint density at radius 1 is 1.40 bits per heavy atom. The van der Waals surface area contributed by atoms with Gasteiger partial charge in [-0.15, -0.1) is 11.3 Å². The molecule has 1 N–H and O–H groups in total. The lowest BCUT2D eigenvalue weighted by atomic mass is 10.3. The van der Waals surface area contributed by atoms with E-state index in [2.05, 4.69) is 20.4 Å². The fraction of sp³-hybridized carbons (Fsp3) is 0.176. The standard InChI is InChI=1S/C17H16N4O3S/c1-2-23-15-8-5-12(10-19-15)17-20-16(24-21-17)11-18-14(22)7-6-13-4-3-9-25-13/h3-10H,2,11H2,1H3,(H,18,22)/b7-6+. The quantitative estimate of drug-likeness (QED) is 0.655. The molecule has 3 rings (SSSR count). The normalized spacial score (nSPS) is 10.9. The Kier molecular flexibility index (Phi) is 5.53. The lowest BCUT2D eigenvalue weighted by Gasteiger charge is -2.00. The molecule has 3 aromatic rings. The molecule has 0 radical (unpaired) electrons. The average Bonchev–Trinajstić information content (AvgIpc) is 3.31. The SMILES string of the molecule is CCOc1ccc(-c2noc(CNC(=O)/C=C/c3cccs3)n2)cn1. The highest BCUT2D eigenvalue weighted by atomic mass is 32.1. The Morgan fingerprint density at radius 2 is 2.32 bits per heavy atom. The lowest BCUT2D eigenvalue weighted by Crippen LogP contribution is -2.20. The summed E-state index contributed by atoms with van der Waals surface area (Å²) in [4.78, 5) is 21.2. The zero-order valence-electron chi connectivity index (χ0n) is 13.5. The second-order valence-electron chi connectivity index (χ2n) is 4.90. The van der Waals surface area contributed by atoms with Gasteiger partial charge in [-0.1, -0.05) is 11.2 Å². The van der Waals surface area contributed by atoms with Crippen molar-refractivity contribution >= 4 is 23.3 Å². The van der Waals surface area contributed by atoms with Crippen LogP contribution in [-0.2, 0) is 11.3 Å². The molecule has 128 valence electrons. The first kappa shape index (κ1) is 16.8. The number of thiophene rings is 1. The van der Waals surface area contributed by atoms with Crippen molar-refractivity contribution in [2.75, 3.05) is 6.61 Å². The number of carbonyl (C=O) groups is 1. The van der Waals surface area contributed by atoms with Gasteiger partial charge in [-0.2, -0.15) is 4.98 Å². The summed E-state index contributed by atoms with van der Waals surface area (Å²) in [5.41, 5.74) is 0.711. The molecule has 0 saturated carbocycles. The second kappa shape index (κ2) is 8.20. The maximum absolute atomic E-state index is 11.8. The molecule has 0 atom stereocenters. The Labute approximate surface area is 148 Å². The third kappa shape index (κ3) is 4.74. The fourth-order valence-electron chi connectivity index (χ4n) is 1.96. The summed E-state index contributed by atoms with van der Waals surface area (Å²) in [6, 6.07) is 7.41. The van der Waals surface area contributed by atoms with E-state index in [4.69, 9.17) is 9.26 Å². The average molecular weight is 356 g/mol. The zero-order chi connectivity index (χ0) is 17.5. The number of ether oxygens (including phenoxy) is 1. The number of hydrogen-bond acceptors (Lipinski definition) is 7. The van der Waals surface area contributed by atoms with Gasteiger partial charge in [-0.05, 0) is 30.5 Å². The Hall–Kier alpha value is -3.00. The van der Waals surface area contributed by atoms with E-state index in [9.17, 15) is 4.79 Å². The fourth-order valence-corrected chi connectivity index (χ4v) is 2.57. The Balaban J connectivity index is 1.55. The molecule has 25 heavy (non-hydrogen) atoms. The summed E-state index contributed by atoms with van der Waals surface area (Å²) in [6.45, 7) is 2.61. The van der Waals surface area contributed by atoms with Crippen molar-refractivity contribution < 1.29 is 14.1 Å². The van der Waals surface area contributed by atoms with Gasteiger partial charge < -0.3 is 14.6 Å². The van der Waals surface area contributed by atoms with E-state index in [0.29, 0.717) is 29.8 Å². The van der Waals surface area contributed by atoms with Crippen molar-refractivity contribution in [1.82, 2.24) is 20.4 Å². The predicted molar refractivity (Wildman–Crippen MR) is 93.9 cm³/mol. The van der Waals surface area contributed by atoms with Crippen molar-refractivity contribution in [3.8, 4) is 17.3 Å². The number of rotatable bonds is 7. The van der Waals surface area contributed by atoms with Gasteiger partial charge in [-0.25, -0.2) is 4.98 Å². The molecule has 0 aliphatic heterocycles. The van der Waals surface area contributed by atoms with E-state index in [1.54, 1.807) is 35.7 Å². The monoisotopic (exact) mass is 356 g/mol. The third-order valence-electron chi connectivity index (χ3n) is 3.11. The van der Waals surface area contributed by atoms with E-state index >= 15 is 0 Å². The summed E-state index contributed by atoms with van der Waals surface area (Å²) in [6.07, 6.45) is 4.84. The van der Waals surface area contributed by atoms with E-state index in [-0.39, 0.29) is 12.5 Å². The van der Waals surface area contributed by atoms with Crippen LogP contribution in [0.1, 0.15) is 17.7 Å². The first-order valence-corrected chi connectivity index (χ1v) is 8.54. The van der Waals surface area contributed by atoms with Crippen LogP contribution in [-0.4, -0.2) is 27.6 Å². The minimum Gasteiger partial charge on any atom is -0.478 e. The molecule has 0 aromatic carbocycles. The Morgan fingerprint density at radius 3 is 3.04 bits per heavy atom. The first-order valence-electron chi connectivity index (χ1n) is 7.66.